The van der Waals surface area contributed by atoms with Crippen LogP contribution in [0.4, 0.5) is 0 Å². The Kier molecular flexibility index (Phi) is 3.31. The average molecular weight is 329 g/mol. The molecule has 3 heterocycles. The number of hydrogen-bond acceptors (Lipinski definition) is 2. The van der Waals surface area contributed by atoms with Gasteiger partial charge in [0.1, 0.15) is 5.65 Å². The van der Waals surface area contributed by atoms with Crippen molar-refractivity contribution in [2.24, 2.45) is 0 Å². The zero-order chi connectivity index (χ0) is 16.1. The highest BCUT2D eigenvalue weighted by Gasteiger charge is 2.22. The van der Waals surface area contributed by atoms with Gasteiger partial charge in [0, 0.05) is 29.6 Å². The molecule has 0 amide bonds. The zero-order valence-corrected chi connectivity index (χ0v) is 13.7. The molecule has 4 nitrogen and oxygen atoms in total. The van der Waals surface area contributed by atoms with Gasteiger partial charge in [-0.1, -0.05) is 24.9 Å². The molecule has 118 valence electrons. The van der Waals surface area contributed by atoms with Crippen molar-refractivity contribution < 1.29 is 0 Å². The number of pyridine rings is 2. The maximum absolute atomic E-state index is 13.1. The van der Waals surface area contributed by atoms with E-state index < -0.39 is 0 Å². The van der Waals surface area contributed by atoms with Crippen LogP contribution in [0, 0.1) is 0 Å². The van der Waals surface area contributed by atoms with Gasteiger partial charge in [-0.2, -0.15) is 0 Å². The van der Waals surface area contributed by atoms with Gasteiger partial charge >= 0.3 is 0 Å². The van der Waals surface area contributed by atoms with Crippen LogP contribution in [0.15, 0.2) is 33.9 Å². The van der Waals surface area contributed by atoms with Crippen molar-refractivity contribution in [3.63, 3.8) is 0 Å². The lowest BCUT2D eigenvalue weighted by atomic mass is 10.0. The van der Waals surface area contributed by atoms with Gasteiger partial charge in [0.25, 0.3) is 5.56 Å². The highest BCUT2D eigenvalue weighted by molar-refractivity contribution is 6.31. The standard InChI is InChI=1S/C18H17ClN2O2/c1-2-3-4-11-9-15(22)21-8-7-20-14-10-12(19)5-6-13(14)17(23)16(11)18(20)21/h5-6,9-10H,2-4,7-8H2,1H3. The zero-order valence-electron chi connectivity index (χ0n) is 12.9. The van der Waals surface area contributed by atoms with Gasteiger partial charge in [-0.3, -0.25) is 14.2 Å². The molecule has 0 radical (unpaired) electrons. The second kappa shape index (κ2) is 5.24. The Morgan fingerprint density at radius 3 is 2.70 bits per heavy atom. The second-order valence-electron chi connectivity index (χ2n) is 6.10. The number of halogens is 1. The quantitative estimate of drug-likeness (QED) is 0.692. The first-order chi connectivity index (χ1) is 11.1. The largest absolute Gasteiger partial charge is 0.325 e. The predicted molar refractivity (Wildman–Crippen MR) is 93.6 cm³/mol. The lowest BCUT2D eigenvalue weighted by Gasteiger charge is -2.12. The smallest absolute Gasteiger partial charge is 0.252 e. The van der Waals surface area contributed by atoms with Gasteiger partial charge in [0.2, 0.25) is 0 Å². The Bertz CT molecular complexity index is 1060. The Balaban J connectivity index is 2.22. The summed E-state index contributed by atoms with van der Waals surface area (Å²) >= 11 is 6.12. The van der Waals surface area contributed by atoms with E-state index in [1.807, 2.05) is 6.07 Å². The van der Waals surface area contributed by atoms with Crippen LogP contribution >= 0.6 is 11.6 Å². The SMILES string of the molecule is CCCCc1cc(=O)n2c3c1c(=O)c1ccc(Cl)cc1n3CC2. The van der Waals surface area contributed by atoms with Crippen molar-refractivity contribution in [1.29, 1.82) is 0 Å². The van der Waals surface area contributed by atoms with Crippen LogP contribution in [0.2, 0.25) is 5.02 Å². The number of hydrogen-bond donors (Lipinski definition) is 0. The molecule has 23 heavy (non-hydrogen) atoms. The Labute approximate surface area is 137 Å². The van der Waals surface area contributed by atoms with Gasteiger partial charge in [0.15, 0.2) is 5.43 Å². The first-order valence-corrected chi connectivity index (χ1v) is 8.38. The molecule has 0 saturated heterocycles. The number of unbranched alkanes of at least 4 members (excludes halogenated alkanes) is 1. The van der Waals surface area contributed by atoms with E-state index in [0.29, 0.717) is 28.9 Å². The van der Waals surface area contributed by atoms with E-state index in [1.165, 1.54) is 0 Å². The summed E-state index contributed by atoms with van der Waals surface area (Å²) in [5.41, 5.74) is 2.43. The lowest BCUT2D eigenvalue weighted by molar-refractivity contribution is 0.680. The molecule has 1 aliphatic rings. The first kappa shape index (κ1) is 14.5. The van der Waals surface area contributed by atoms with Crippen LogP contribution in [0.25, 0.3) is 21.9 Å². The van der Waals surface area contributed by atoms with Gasteiger partial charge in [-0.15, -0.1) is 0 Å². The van der Waals surface area contributed by atoms with E-state index in [9.17, 15) is 9.59 Å². The fraction of sp³-hybridized carbons (Fsp3) is 0.333. The van der Waals surface area contributed by atoms with Gasteiger partial charge in [-0.25, -0.2) is 0 Å². The van der Waals surface area contributed by atoms with Crippen molar-refractivity contribution in [2.75, 3.05) is 0 Å². The van der Waals surface area contributed by atoms with Crippen LogP contribution in [0.1, 0.15) is 25.3 Å². The summed E-state index contributed by atoms with van der Waals surface area (Å²) < 4.78 is 3.78. The molecule has 0 N–H and O–H groups in total. The van der Waals surface area contributed by atoms with Crippen LogP contribution < -0.4 is 11.0 Å². The molecular weight excluding hydrogens is 312 g/mol. The Hall–Kier alpha value is -2.07. The minimum atomic E-state index is -0.0179. The molecule has 0 saturated carbocycles. The van der Waals surface area contributed by atoms with E-state index in [2.05, 4.69) is 11.5 Å². The molecule has 1 aliphatic heterocycles. The van der Waals surface area contributed by atoms with Crippen LogP contribution in [0.3, 0.4) is 0 Å². The van der Waals surface area contributed by atoms with E-state index in [1.54, 1.807) is 22.8 Å². The highest BCUT2D eigenvalue weighted by Crippen LogP contribution is 2.27. The highest BCUT2D eigenvalue weighted by atomic mass is 35.5. The summed E-state index contributed by atoms with van der Waals surface area (Å²) in [6.45, 7) is 3.41. The van der Waals surface area contributed by atoms with Crippen molar-refractivity contribution in [3.05, 3.63) is 55.4 Å². The van der Waals surface area contributed by atoms with E-state index in [4.69, 9.17) is 11.6 Å². The summed E-state index contributed by atoms with van der Waals surface area (Å²) in [5, 5.41) is 1.97. The summed E-state index contributed by atoms with van der Waals surface area (Å²) in [4.78, 5) is 25.5. The molecular formula is C18H17ClN2O2. The molecule has 0 fully saturated rings. The molecule has 0 unspecified atom stereocenters. The monoisotopic (exact) mass is 328 g/mol. The van der Waals surface area contributed by atoms with Gasteiger partial charge in [-0.05, 0) is 36.6 Å². The number of rotatable bonds is 3. The van der Waals surface area contributed by atoms with E-state index in [0.717, 1.165) is 36.0 Å². The maximum Gasteiger partial charge on any atom is 0.252 e. The molecule has 5 heteroatoms. The molecule has 2 aromatic heterocycles. The van der Waals surface area contributed by atoms with Crippen LogP contribution in [-0.2, 0) is 19.5 Å². The third-order valence-corrected chi connectivity index (χ3v) is 4.92. The van der Waals surface area contributed by atoms with Crippen LogP contribution in [-0.4, -0.2) is 9.13 Å². The fourth-order valence-electron chi connectivity index (χ4n) is 3.59. The van der Waals surface area contributed by atoms with Crippen molar-refractivity contribution >= 4 is 33.5 Å². The number of aromatic nitrogens is 2. The third-order valence-electron chi connectivity index (χ3n) is 4.69. The molecule has 3 aromatic rings. The molecule has 4 rings (SSSR count). The van der Waals surface area contributed by atoms with E-state index in [-0.39, 0.29) is 11.0 Å². The minimum Gasteiger partial charge on any atom is -0.325 e. The number of nitrogens with zero attached hydrogens (tertiary/aromatic N) is 2. The molecule has 0 spiro atoms. The van der Waals surface area contributed by atoms with Gasteiger partial charge < -0.3 is 4.57 Å². The van der Waals surface area contributed by atoms with Gasteiger partial charge in [0.05, 0.1) is 10.9 Å². The minimum absolute atomic E-state index is 0.00432. The molecule has 1 aromatic carbocycles. The average Bonchev–Trinajstić information content (AvgIpc) is 2.97. The second-order valence-corrected chi connectivity index (χ2v) is 6.54. The lowest BCUT2D eigenvalue weighted by Crippen LogP contribution is -2.21. The third kappa shape index (κ3) is 2.05. The molecule has 0 bridgehead atoms. The fourth-order valence-corrected chi connectivity index (χ4v) is 3.75. The summed E-state index contributed by atoms with van der Waals surface area (Å²) in [5.74, 6) is 0. The normalized spacial score (nSPS) is 13.3. The molecule has 0 aliphatic carbocycles. The number of benzene rings is 1. The number of fused-ring (bicyclic) bond motifs is 2. The number of aryl methyl sites for hydroxylation is 3. The van der Waals surface area contributed by atoms with Crippen molar-refractivity contribution in [1.82, 2.24) is 9.13 Å². The maximum atomic E-state index is 13.1. The van der Waals surface area contributed by atoms with Crippen molar-refractivity contribution in [3.8, 4) is 0 Å². The topological polar surface area (TPSA) is 44.0 Å². The summed E-state index contributed by atoms with van der Waals surface area (Å²) in [7, 11) is 0. The summed E-state index contributed by atoms with van der Waals surface area (Å²) in [6.07, 6.45) is 2.76. The summed E-state index contributed by atoms with van der Waals surface area (Å²) in [6, 6.07) is 7.01. The van der Waals surface area contributed by atoms with Crippen LogP contribution in [0.5, 0.6) is 0 Å². The van der Waals surface area contributed by atoms with Crippen molar-refractivity contribution in [2.45, 2.75) is 39.3 Å². The first-order valence-electron chi connectivity index (χ1n) is 8.00. The van der Waals surface area contributed by atoms with E-state index >= 15 is 0 Å². The molecule has 0 atom stereocenters. The predicted octanol–water partition coefficient (Wildman–Crippen LogP) is 3.33. The Morgan fingerprint density at radius 1 is 1.13 bits per heavy atom. The Morgan fingerprint density at radius 2 is 1.91 bits per heavy atom.